The van der Waals surface area contributed by atoms with Crippen LogP contribution in [0, 0.1) is 0 Å². The number of hydrogen-bond acceptors (Lipinski definition) is 4. The van der Waals surface area contributed by atoms with Crippen LogP contribution in [0.15, 0.2) is 59.4 Å². The molecule has 4 rings (SSSR count). The molecule has 1 aromatic carbocycles. The minimum Gasteiger partial charge on any atom is -0.459 e. The highest BCUT2D eigenvalue weighted by atomic mass is 16.3. The van der Waals surface area contributed by atoms with Gasteiger partial charge in [0.05, 0.1) is 6.04 Å². The van der Waals surface area contributed by atoms with Gasteiger partial charge in [-0.3, -0.25) is 9.20 Å². The van der Waals surface area contributed by atoms with Crippen molar-refractivity contribution in [3.63, 3.8) is 0 Å². The Morgan fingerprint density at radius 3 is 2.92 bits per heavy atom. The quantitative estimate of drug-likeness (QED) is 0.581. The molecular weight excluding hydrogens is 304 g/mol. The zero-order valence-corrected chi connectivity index (χ0v) is 13.4. The number of aromatic nitrogens is 3. The number of benzene rings is 1. The van der Waals surface area contributed by atoms with E-state index in [0.717, 1.165) is 16.7 Å². The van der Waals surface area contributed by atoms with Crippen molar-refractivity contribution in [3.8, 4) is 0 Å². The number of fused-ring (bicyclic) bond motifs is 2. The second-order valence-electron chi connectivity index (χ2n) is 5.73. The van der Waals surface area contributed by atoms with E-state index in [1.165, 1.54) is 0 Å². The molecule has 0 aliphatic heterocycles. The van der Waals surface area contributed by atoms with Gasteiger partial charge in [0.15, 0.2) is 0 Å². The molecule has 0 saturated carbocycles. The van der Waals surface area contributed by atoms with Crippen molar-refractivity contribution in [3.05, 3.63) is 66.4 Å². The Bertz CT molecular complexity index is 968. The van der Waals surface area contributed by atoms with E-state index < -0.39 is 0 Å². The van der Waals surface area contributed by atoms with Gasteiger partial charge >= 0.3 is 0 Å². The minimum absolute atomic E-state index is 0.173. The lowest BCUT2D eigenvalue weighted by Gasteiger charge is -2.22. The summed E-state index contributed by atoms with van der Waals surface area (Å²) in [5, 5.41) is 1.03. The Hall–Kier alpha value is -3.15. The van der Waals surface area contributed by atoms with E-state index in [1.54, 1.807) is 34.8 Å². The first-order valence-corrected chi connectivity index (χ1v) is 7.69. The summed E-state index contributed by atoms with van der Waals surface area (Å²) in [4.78, 5) is 22.8. The molecule has 1 amide bonds. The molecular formula is C18H16N4O2. The monoisotopic (exact) mass is 320 g/mol. The summed E-state index contributed by atoms with van der Waals surface area (Å²) in [6.07, 6.45) is 5.15. The number of imidazole rings is 1. The van der Waals surface area contributed by atoms with E-state index in [2.05, 4.69) is 9.97 Å². The van der Waals surface area contributed by atoms with Crippen LogP contribution in [0.5, 0.6) is 0 Å². The molecule has 0 radical (unpaired) electrons. The van der Waals surface area contributed by atoms with Crippen LogP contribution in [0.2, 0.25) is 0 Å². The van der Waals surface area contributed by atoms with E-state index in [9.17, 15) is 4.79 Å². The summed E-state index contributed by atoms with van der Waals surface area (Å²) < 4.78 is 7.59. The van der Waals surface area contributed by atoms with Gasteiger partial charge < -0.3 is 9.32 Å². The van der Waals surface area contributed by atoms with Gasteiger partial charge in [-0.15, -0.1) is 0 Å². The maximum atomic E-state index is 12.7. The number of hydrogen-bond donors (Lipinski definition) is 0. The fourth-order valence-corrected chi connectivity index (χ4v) is 2.69. The molecule has 3 aromatic heterocycles. The summed E-state index contributed by atoms with van der Waals surface area (Å²) >= 11 is 0. The number of carbonyl (C=O) groups excluding carboxylic acids is 1. The average Bonchev–Trinajstić information content (AvgIpc) is 3.23. The van der Waals surface area contributed by atoms with E-state index in [1.807, 2.05) is 43.5 Å². The Balaban J connectivity index is 1.63. The van der Waals surface area contributed by atoms with E-state index >= 15 is 0 Å². The van der Waals surface area contributed by atoms with Crippen molar-refractivity contribution in [1.29, 1.82) is 0 Å². The number of nitrogens with zero attached hydrogens (tertiary/aromatic N) is 4. The van der Waals surface area contributed by atoms with Crippen LogP contribution < -0.4 is 0 Å². The van der Waals surface area contributed by atoms with Gasteiger partial charge in [-0.1, -0.05) is 18.2 Å². The summed E-state index contributed by atoms with van der Waals surface area (Å²) in [7, 11) is 1.75. The van der Waals surface area contributed by atoms with Crippen LogP contribution in [-0.4, -0.2) is 32.2 Å². The smallest absolute Gasteiger partial charge is 0.274 e. The molecule has 0 N–H and O–H groups in total. The second kappa shape index (κ2) is 5.49. The maximum Gasteiger partial charge on any atom is 0.274 e. The molecule has 0 aliphatic carbocycles. The van der Waals surface area contributed by atoms with E-state index in [4.69, 9.17) is 4.42 Å². The molecule has 0 saturated heterocycles. The highest BCUT2D eigenvalue weighted by Crippen LogP contribution is 2.27. The molecule has 6 heteroatoms. The fraction of sp³-hybridized carbons (Fsp3) is 0.167. The minimum atomic E-state index is -0.206. The van der Waals surface area contributed by atoms with Gasteiger partial charge in [-0.2, -0.15) is 0 Å². The SMILES string of the molecule is C[C@H](c1cc2ccccc2o1)N(C)C(=O)c1cn2cccnc2n1. The molecule has 6 nitrogen and oxygen atoms in total. The summed E-state index contributed by atoms with van der Waals surface area (Å²) in [5.41, 5.74) is 1.18. The van der Waals surface area contributed by atoms with Crippen LogP contribution in [-0.2, 0) is 0 Å². The van der Waals surface area contributed by atoms with Gasteiger partial charge in [0.25, 0.3) is 5.91 Å². The van der Waals surface area contributed by atoms with Crippen molar-refractivity contribution in [2.24, 2.45) is 0 Å². The van der Waals surface area contributed by atoms with Gasteiger partial charge in [0.2, 0.25) is 5.78 Å². The lowest BCUT2D eigenvalue weighted by atomic mass is 10.2. The van der Waals surface area contributed by atoms with Crippen molar-refractivity contribution in [2.75, 3.05) is 7.05 Å². The Morgan fingerprint density at radius 2 is 2.12 bits per heavy atom. The number of furan rings is 1. The lowest BCUT2D eigenvalue weighted by molar-refractivity contribution is 0.0722. The Kier molecular flexibility index (Phi) is 3.30. The predicted molar refractivity (Wildman–Crippen MR) is 89.7 cm³/mol. The first kappa shape index (κ1) is 14.4. The molecule has 0 fully saturated rings. The van der Waals surface area contributed by atoms with E-state index in [0.29, 0.717) is 11.5 Å². The van der Waals surface area contributed by atoms with Gasteiger partial charge in [0, 0.05) is 31.0 Å². The zero-order chi connectivity index (χ0) is 16.7. The Morgan fingerprint density at radius 1 is 1.29 bits per heavy atom. The molecule has 120 valence electrons. The molecule has 0 bridgehead atoms. The zero-order valence-electron chi connectivity index (χ0n) is 13.4. The molecule has 4 aromatic rings. The molecule has 1 atom stereocenters. The Labute approximate surface area is 138 Å². The molecule has 0 aliphatic rings. The van der Waals surface area contributed by atoms with E-state index in [-0.39, 0.29) is 11.9 Å². The summed E-state index contributed by atoms with van der Waals surface area (Å²) in [6, 6.07) is 11.4. The van der Waals surface area contributed by atoms with Crippen molar-refractivity contribution < 1.29 is 9.21 Å². The average molecular weight is 320 g/mol. The second-order valence-corrected chi connectivity index (χ2v) is 5.73. The highest BCUT2D eigenvalue weighted by Gasteiger charge is 2.23. The van der Waals surface area contributed by atoms with Gasteiger partial charge in [-0.05, 0) is 25.1 Å². The van der Waals surface area contributed by atoms with Crippen LogP contribution in [0.1, 0.15) is 29.2 Å². The molecule has 3 heterocycles. The van der Waals surface area contributed by atoms with Gasteiger partial charge in [0.1, 0.15) is 17.0 Å². The standard InChI is InChI=1S/C18H16N4O2/c1-12(16-10-13-6-3-4-7-15(13)24-16)21(2)17(23)14-11-22-9-5-8-19-18(22)20-14/h3-12H,1-2H3/t12-/m1/s1. The number of para-hydroxylation sites is 1. The highest BCUT2D eigenvalue weighted by molar-refractivity contribution is 5.93. The number of carbonyl (C=O) groups is 1. The third kappa shape index (κ3) is 2.32. The topological polar surface area (TPSA) is 63.6 Å². The largest absolute Gasteiger partial charge is 0.459 e. The van der Waals surface area contributed by atoms with Crippen LogP contribution in [0.4, 0.5) is 0 Å². The lowest BCUT2D eigenvalue weighted by Crippen LogP contribution is -2.29. The van der Waals surface area contributed by atoms with Gasteiger partial charge in [-0.25, -0.2) is 9.97 Å². The third-order valence-electron chi connectivity index (χ3n) is 4.21. The summed E-state index contributed by atoms with van der Waals surface area (Å²) in [5.74, 6) is 1.08. The molecule has 0 spiro atoms. The van der Waals surface area contributed by atoms with Crippen LogP contribution >= 0.6 is 0 Å². The summed E-state index contributed by atoms with van der Waals surface area (Å²) in [6.45, 7) is 1.93. The van der Waals surface area contributed by atoms with Crippen molar-refractivity contribution >= 4 is 22.7 Å². The fourth-order valence-electron chi connectivity index (χ4n) is 2.69. The first-order chi connectivity index (χ1) is 11.6. The van der Waals surface area contributed by atoms with Crippen LogP contribution in [0.3, 0.4) is 0 Å². The maximum absolute atomic E-state index is 12.7. The van der Waals surface area contributed by atoms with Crippen molar-refractivity contribution in [1.82, 2.24) is 19.3 Å². The molecule has 0 unspecified atom stereocenters. The molecule has 24 heavy (non-hydrogen) atoms. The first-order valence-electron chi connectivity index (χ1n) is 7.69. The normalized spacial score (nSPS) is 12.6. The van der Waals surface area contributed by atoms with Crippen LogP contribution in [0.25, 0.3) is 16.7 Å². The van der Waals surface area contributed by atoms with Crippen molar-refractivity contribution in [2.45, 2.75) is 13.0 Å². The number of rotatable bonds is 3. The number of amides is 1. The third-order valence-corrected chi connectivity index (χ3v) is 4.21. The predicted octanol–water partition coefficient (Wildman–Crippen LogP) is 3.31.